The molecule has 7 heteroatoms. The smallest absolute Gasteiger partial charge is 0.316 e. The van der Waals surface area contributed by atoms with Crippen LogP contribution in [-0.4, -0.2) is 35.7 Å². The Kier molecular flexibility index (Phi) is 3.68. The van der Waals surface area contributed by atoms with Crippen molar-refractivity contribution in [1.29, 1.82) is 0 Å². The van der Waals surface area contributed by atoms with Crippen molar-refractivity contribution < 1.29 is 33.1 Å². The third kappa shape index (κ3) is 2.02. The molecule has 1 aromatic heterocycles. The maximum absolute atomic E-state index is 13.2. The van der Waals surface area contributed by atoms with Gasteiger partial charge < -0.3 is 13.9 Å². The topological polar surface area (TPSA) is 99.9 Å². The maximum atomic E-state index is 13.2. The van der Waals surface area contributed by atoms with Gasteiger partial charge in [-0.2, -0.15) is 0 Å². The molecular weight excluding hydrogens is 352 g/mol. The number of hydrogen-bond donors (Lipinski definition) is 0. The highest BCUT2D eigenvalue weighted by atomic mass is 16.6. The monoisotopic (exact) mass is 374 g/mol. The molecule has 27 heavy (non-hydrogen) atoms. The van der Waals surface area contributed by atoms with E-state index in [1.165, 1.54) is 12.5 Å². The van der Waals surface area contributed by atoms with E-state index < -0.39 is 40.2 Å². The predicted molar refractivity (Wildman–Crippen MR) is 90.5 cm³/mol. The lowest BCUT2D eigenvalue weighted by atomic mass is 9.46. The number of furan rings is 1. The van der Waals surface area contributed by atoms with Crippen molar-refractivity contribution in [3.05, 3.63) is 24.2 Å². The Morgan fingerprint density at radius 1 is 1.26 bits per heavy atom. The molecule has 5 atom stereocenters. The van der Waals surface area contributed by atoms with Crippen molar-refractivity contribution in [1.82, 2.24) is 0 Å². The molecule has 1 spiro atoms. The van der Waals surface area contributed by atoms with Gasteiger partial charge in [-0.05, 0) is 32.3 Å². The number of rotatable bonds is 3. The first-order valence-corrected chi connectivity index (χ1v) is 9.16. The van der Waals surface area contributed by atoms with Crippen molar-refractivity contribution in [3.8, 4) is 0 Å². The van der Waals surface area contributed by atoms with Crippen molar-refractivity contribution in [2.24, 2.45) is 22.7 Å². The largest absolute Gasteiger partial charge is 0.472 e. The van der Waals surface area contributed by atoms with Crippen LogP contribution in [0.1, 0.15) is 50.4 Å². The maximum Gasteiger partial charge on any atom is 0.316 e. The van der Waals surface area contributed by atoms with E-state index in [-0.39, 0.29) is 37.4 Å². The number of carbonyl (C=O) groups excluding carboxylic acids is 4. The van der Waals surface area contributed by atoms with Gasteiger partial charge in [0.2, 0.25) is 0 Å². The molecule has 1 saturated carbocycles. The molecule has 2 aliphatic heterocycles. The zero-order valence-electron chi connectivity index (χ0n) is 15.6. The molecule has 2 saturated heterocycles. The lowest BCUT2D eigenvalue weighted by molar-refractivity contribution is -0.241. The fraction of sp³-hybridized carbons (Fsp3) is 0.600. The van der Waals surface area contributed by atoms with Crippen LogP contribution < -0.4 is 0 Å². The highest BCUT2D eigenvalue weighted by Gasteiger charge is 2.78. The highest BCUT2D eigenvalue weighted by Crippen LogP contribution is 2.64. The Morgan fingerprint density at radius 2 is 2.00 bits per heavy atom. The summed E-state index contributed by atoms with van der Waals surface area (Å²) in [6.07, 6.45) is 3.20. The summed E-state index contributed by atoms with van der Waals surface area (Å²) in [6, 6.07) is 1.56. The molecule has 1 aromatic rings. The summed E-state index contributed by atoms with van der Waals surface area (Å²) in [6.45, 7) is 4.94. The molecule has 144 valence electrons. The van der Waals surface area contributed by atoms with Crippen LogP contribution in [0.2, 0.25) is 0 Å². The molecule has 3 fully saturated rings. The third-order valence-electron chi connectivity index (χ3n) is 7.26. The summed E-state index contributed by atoms with van der Waals surface area (Å²) in [5.74, 6) is -2.51. The van der Waals surface area contributed by atoms with Gasteiger partial charge in [0, 0.05) is 12.8 Å². The van der Waals surface area contributed by atoms with Gasteiger partial charge in [0.15, 0.2) is 11.4 Å². The Balaban J connectivity index is 1.83. The van der Waals surface area contributed by atoms with Gasteiger partial charge in [0.05, 0.1) is 23.2 Å². The summed E-state index contributed by atoms with van der Waals surface area (Å²) in [4.78, 5) is 51.2. The Labute approximate surface area is 156 Å². The second kappa shape index (κ2) is 5.53. The van der Waals surface area contributed by atoms with Gasteiger partial charge in [-0.15, -0.1) is 0 Å². The average molecular weight is 374 g/mol. The van der Waals surface area contributed by atoms with Gasteiger partial charge >= 0.3 is 11.9 Å². The zero-order valence-corrected chi connectivity index (χ0v) is 15.6. The van der Waals surface area contributed by atoms with E-state index in [4.69, 9.17) is 13.9 Å². The van der Waals surface area contributed by atoms with Crippen LogP contribution >= 0.6 is 0 Å². The lowest BCUT2D eigenvalue weighted by Crippen LogP contribution is -2.72. The van der Waals surface area contributed by atoms with E-state index in [2.05, 4.69) is 0 Å². The second-order valence-electron chi connectivity index (χ2n) is 8.32. The number of Topliss-reactive ketones (excluding diaryl/α,β-unsaturated/α-hetero) is 2. The molecule has 0 radical (unpaired) electrons. The summed E-state index contributed by atoms with van der Waals surface area (Å²) in [7, 11) is 0. The van der Waals surface area contributed by atoms with Gasteiger partial charge in [-0.3, -0.25) is 19.2 Å². The number of carbonyl (C=O) groups is 4. The molecule has 0 bridgehead atoms. The fourth-order valence-electron chi connectivity index (χ4n) is 5.33. The molecule has 0 amide bonds. The van der Waals surface area contributed by atoms with E-state index in [0.717, 1.165) is 0 Å². The molecule has 4 rings (SSSR count). The number of ether oxygens (including phenoxy) is 2. The molecular formula is C20H22O7. The first-order valence-electron chi connectivity index (χ1n) is 9.16. The number of hydrogen-bond acceptors (Lipinski definition) is 7. The summed E-state index contributed by atoms with van der Waals surface area (Å²) in [5, 5.41) is 0. The first kappa shape index (κ1) is 17.9. The summed E-state index contributed by atoms with van der Waals surface area (Å²) < 4.78 is 16.1. The van der Waals surface area contributed by atoms with E-state index in [0.29, 0.717) is 5.56 Å². The van der Waals surface area contributed by atoms with Gasteiger partial charge in [-0.25, -0.2) is 0 Å². The van der Waals surface area contributed by atoms with Crippen molar-refractivity contribution in [2.45, 2.75) is 45.6 Å². The van der Waals surface area contributed by atoms with Gasteiger partial charge in [-0.1, -0.05) is 6.92 Å². The van der Waals surface area contributed by atoms with Gasteiger partial charge in [0.25, 0.3) is 0 Å². The Bertz CT molecular complexity index is 841. The molecule has 1 aliphatic carbocycles. The minimum Gasteiger partial charge on any atom is -0.472 e. The summed E-state index contributed by atoms with van der Waals surface area (Å²) in [5.41, 5.74) is -3.26. The van der Waals surface area contributed by atoms with Crippen LogP contribution in [0.15, 0.2) is 23.0 Å². The Morgan fingerprint density at radius 3 is 2.67 bits per heavy atom. The lowest BCUT2D eigenvalue weighted by Gasteiger charge is -2.59. The molecule has 7 nitrogen and oxygen atoms in total. The molecule has 3 aliphatic rings. The predicted octanol–water partition coefficient (Wildman–Crippen LogP) is 2.33. The highest BCUT2D eigenvalue weighted by molar-refractivity contribution is 5.99. The second-order valence-corrected chi connectivity index (χ2v) is 8.32. The van der Waals surface area contributed by atoms with Crippen LogP contribution in [0.4, 0.5) is 0 Å². The summed E-state index contributed by atoms with van der Waals surface area (Å²) >= 11 is 0. The Hall–Kier alpha value is -2.44. The van der Waals surface area contributed by atoms with Gasteiger partial charge in [0.1, 0.15) is 24.1 Å². The SMILES string of the molecule is C[C@H]1C(=O)O[C@@]23COC(=O)[C@]2(C)CCC(=O)[C@@]3(C)[C@@H]1CC(=O)c1ccoc1. The number of esters is 2. The zero-order chi connectivity index (χ0) is 19.6. The first-order chi connectivity index (χ1) is 12.7. The molecule has 0 unspecified atom stereocenters. The quantitative estimate of drug-likeness (QED) is 0.591. The van der Waals surface area contributed by atoms with Crippen LogP contribution in [0.3, 0.4) is 0 Å². The van der Waals surface area contributed by atoms with Crippen LogP contribution in [0.25, 0.3) is 0 Å². The molecule has 3 heterocycles. The average Bonchev–Trinajstić information content (AvgIpc) is 3.25. The molecule has 0 aromatic carbocycles. The number of ketones is 2. The van der Waals surface area contributed by atoms with Crippen molar-refractivity contribution in [3.63, 3.8) is 0 Å². The minimum atomic E-state index is -1.38. The van der Waals surface area contributed by atoms with E-state index in [9.17, 15) is 19.2 Å². The van der Waals surface area contributed by atoms with Crippen LogP contribution in [-0.2, 0) is 23.9 Å². The van der Waals surface area contributed by atoms with E-state index in [1.54, 1.807) is 26.8 Å². The van der Waals surface area contributed by atoms with Crippen molar-refractivity contribution in [2.75, 3.05) is 6.61 Å². The van der Waals surface area contributed by atoms with Crippen LogP contribution in [0, 0.1) is 22.7 Å². The fourth-order valence-corrected chi connectivity index (χ4v) is 5.33. The minimum absolute atomic E-state index is 0.00986. The molecule has 0 N–H and O–H groups in total. The standard InChI is InChI=1S/C20H22O7/c1-11-13(8-14(21)12-5-7-25-9-12)19(3)15(22)4-6-18(2)17(24)26-10-20(18,19)27-16(11)23/h5,7,9,11,13H,4,6,8,10H2,1-3H3/t11-,13-,18+,19-,20+/m1/s1. The third-order valence-corrected chi connectivity index (χ3v) is 7.26. The van der Waals surface area contributed by atoms with E-state index in [1.807, 2.05) is 0 Å². The van der Waals surface area contributed by atoms with E-state index >= 15 is 0 Å². The van der Waals surface area contributed by atoms with Crippen molar-refractivity contribution >= 4 is 23.5 Å². The van der Waals surface area contributed by atoms with Crippen LogP contribution in [0.5, 0.6) is 0 Å². The normalized spacial score (nSPS) is 40.8. The number of cyclic esters (lactones) is 1.